The maximum Gasteiger partial charge on any atom is 0.352 e. The van der Waals surface area contributed by atoms with Crippen molar-refractivity contribution in [1.82, 2.24) is 16.0 Å². The third-order valence-corrected chi connectivity index (χ3v) is 3.25. The molecule has 130 valence electrons. The topological polar surface area (TPSA) is 145 Å². The molecule has 1 rings (SSSR count). The first kappa shape index (κ1) is 19.1. The maximum atomic E-state index is 12.3. The van der Waals surface area contributed by atoms with Crippen LogP contribution in [0.25, 0.3) is 0 Å². The number of amides is 2. The molecule has 0 radical (unpaired) electrons. The number of aliphatic carboxylic acids is 2. The van der Waals surface area contributed by atoms with Gasteiger partial charge in [-0.2, -0.15) is 0 Å². The molecule has 0 aliphatic carbocycles. The number of rotatable bonds is 7. The second-order valence-electron chi connectivity index (χ2n) is 4.97. The summed E-state index contributed by atoms with van der Waals surface area (Å²) in [6.07, 6.45) is 4.20. The van der Waals surface area contributed by atoms with Gasteiger partial charge in [-0.05, 0) is 18.9 Å². The van der Waals surface area contributed by atoms with Crippen molar-refractivity contribution < 1.29 is 29.4 Å². The first-order valence-corrected chi connectivity index (χ1v) is 7.16. The van der Waals surface area contributed by atoms with Crippen LogP contribution in [0.15, 0.2) is 35.2 Å². The van der Waals surface area contributed by atoms with E-state index in [2.05, 4.69) is 10.6 Å². The fourth-order valence-electron chi connectivity index (χ4n) is 1.84. The maximum absolute atomic E-state index is 12.3. The number of carboxylic acid groups (broad SMARTS) is 2. The van der Waals surface area contributed by atoms with Gasteiger partial charge in [-0.3, -0.25) is 14.9 Å². The smallest absolute Gasteiger partial charge is 0.352 e. The molecule has 0 saturated heterocycles. The lowest BCUT2D eigenvalue weighted by Gasteiger charge is -2.16. The first-order chi connectivity index (χ1) is 11.3. The molecule has 0 fully saturated rings. The standard InChI is InChI=1S/C15H19N3O6/c1-3-8(2)12(18-13(21)9-5-4-6-16-9)14(22)17-10(15(23)24)7-11(19)20/h4-5,7,9,16H,3,6H2,1-2H3,(H,17,22)(H,18,21)(H,19,20)(H,23,24)/b10-7+,12-8+/t9-/m0/s1. The van der Waals surface area contributed by atoms with Crippen molar-refractivity contribution in [1.29, 1.82) is 0 Å². The Morgan fingerprint density at radius 1 is 1.25 bits per heavy atom. The van der Waals surface area contributed by atoms with Crippen LogP contribution in [0.1, 0.15) is 20.3 Å². The molecular weight excluding hydrogens is 318 g/mol. The van der Waals surface area contributed by atoms with Crippen LogP contribution in [0.4, 0.5) is 0 Å². The molecule has 0 saturated carbocycles. The van der Waals surface area contributed by atoms with E-state index in [0.29, 0.717) is 24.6 Å². The van der Waals surface area contributed by atoms with Crippen LogP contribution in [0.5, 0.6) is 0 Å². The average Bonchev–Trinajstić information content (AvgIpc) is 3.04. The van der Waals surface area contributed by atoms with Crippen molar-refractivity contribution in [2.75, 3.05) is 6.54 Å². The van der Waals surface area contributed by atoms with Gasteiger partial charge >= 0.3 is 11.9 Å². The highest BCUT2D eigenvalue weighted by atomic mass is 16.4. The Morgan fingerprint density at radius 2 is 1.92 bits per heavy atom. The summed E-state index contributed by atoms with van der Waals surface area (Å²) in [6, 6.07) is -0.592. The highest BCUT2D eigenvalue weighted by Gasteiger charge is 2.23. The van der Waals surface area contributed by atoms with Crippen molar-refractivity contribution in [2.45, 2.75) is 26.3 Å². The minimum absolute atomic E-state index is 0.109. The summed E-state index contributed by atoms with van der Waals surface area (Å²) in [5, 5.41) is 24.9. The minimum Gasteiger partial charge on any atom is -0.478 e. The van der Waals surface area contributed by atoms with Gasteiger partial charge < -0.3 is 20.8 Å². The van der Waals surface area contributed by atoms with Crippen molar-refractivity contribution in [2.24, 2.45) is 0 Å². The van der Waals surface area contributed by atoms with Gasteiger partial charge in [0.2, 0.25) is 5.91 Å². The van der Waals surface area contributed by atoms with Gasteiger partial charge in [-0.1, -0.05) is 19.1 Å². The Kier molecular flexibility index (Phi) is 6.87. The molecule has 0 aromatic heterocycles. The van der Waals surface area contributed by atoms with Crippen LogP contribution in [-0.4, -0.2) is 46.6 Å². The summed E-state index contributed by atoms with van der Waals surface area (Å²) in [5.74, 6) is -4.50. The van der Waals surface area contributed by atoms with E-state index in [1.54, 1.807) is 26.0 Å². The van der Waals surface area contributed by atoms with E-state index in [4.69, 9.17) is 10.2 Å². The lowest BCUT2D eigenvalue weighted by atomic mass is 10.1. The monoisotopic (exact) mass is 337 g/mol. The number of carbonyl (C=O) groups is 4. The molecule has 1 aliphatic heterocycles. The summed E-state index contributed by atoms with van der Waals surface area (Å²) >= 11 is 0. The Bertz CT molecular complexity index is 648. The SMILES string of the molecule is CC/C(C)=C(/NC(=O)[C@@H]1C=CCN1)C(=O)N/C(=C/C(=O)O)C(=O)O. The van der Waals surface area contributed by atoms with Crippen LogP contribution in [0.2, 0.25) is 0 Å². The lowest BCUT2D eigenvalue weighted by Crippen LogP contribution is -2.44. The van der Waals surface area contributed by atoms with E-state index < -0.39 is 35.5 Å². The molecule has 0 aromatic carbocycles. The lowest BCUT2D eigenvalue weighted by molar-refractivity contribution is -0.136. The molecule has 0 bridgehead atoms. The van der Waals surface area contributed by atoms with Gasteiger partial charge in [0.1, 0.15) is 17.4 Å². The van der Waals surface area contributed by atoms with Gasteiger partial charge in [-0.15, -0.1) is 0 Å². The van der Waals surface area contributed by atoms with E-state index in [-0.39, 0.29) is 5.70 Å². The van der Waals surface area contributed by atoms with E-state index in [0.717, 1.165) is 0 Å². The van der Waals surface area contributed by atoms with Gasteiger partial charge in [0.25, 0.3) is 5.91 Å². The fraction of sp³-hybridized carbons (Fsp3) is 0.333. The van der Waals surface area contributed by atoms with Crippen LogP contribution < -0.4 is 16.0 Å². The predicted molar refractivity (Wildman–Crippen MR) is 83.6 cm³/mol. The van der Waals surface area contributed by atoms with E-state index >= 15 is 0 Å². The Balaban J connectivity index is 2.98. The Morgan fingerprint density at radius 3 is 2.38 bits per heavy atom. The summed E-state index contributed by atoms with van der Waals surface area (Å²) < 4.78 is 0. The number of carbonyl (C=O) groups excluding carboxylic acids is 2. The molecule has 1 atom stereocenters. The van der Waals surface area contributed by atoms with E-state index in [1.165, 1.54) is 0 Å². The number of hydrogen-bond acceptors (Lipinski definition) is 5. The molecule has 0 aromatic rings. The minimum atomic E-state index is -1.61. The summed E-state index contributed by atoms with van der Waals surface area (Å²) in [4.78, 5) is 46.0. The molecule has 5 N–H and O–H groups in total. The summed E-state index contributed by atoms with van der Waals surface area (Å²) in [5.41, 5.74) is -0.396. The van der Waals surface area contributed by atoms with E-state index in [9.17, 15) is 19.2 Å². The summed E-state index contributed by atoms with van der Waals surface area (Å²) in [6.45, 7) is 3.89. The second-order valence-corrected chi connectivity index (χ2v) is 4.97. The van der Waals surface area contributed by atoms with Crippen molar-refractivity contribution in [3.63, 3.8) is 0 Å². The Hall–Kier alpha value is -2.94. The molecule has 9 heteroatoms. The number of carboxylic acids is 2. The highest BCUT2D eigenvalue weighted by molar-refractivity contribution is 6.05. The molecule has 24 heavy (non-hydrogen) atoms. The van der Waals surface area contributed by atoms with Crippen molar-refractivity contribution >= 4 is 23.8 Å². The van der Waals surface area contributed by atoms with Gasteiger partial charge in [0, 0.05) is 6.54 Å². The quantitative estimate of drug-likeness (QED) is 0.310. The van der Waals surface area contributed by atoms with Gasteiger partial charge in [0.15, 0.2) is 0 Å². The number of nitrogens with one attached hydrogen (secondary N) is 3. The highest BCUT2D eigenvalue weighted by Crippen LogP contribution is 2.08. The third kappa shape index (κ3) is 5.36. The predicted octanol–water partition coefficient (Wildman–Crippen LogP) is -0.516. The zero-order valence-corrected chi connectivity index (χ0v) is 13.3. The molecule has 0 spiro atoms. The zero-order chi connectivity index (χ0) is 18.3. The molecular formula is C15H19N3O6. The van der Waals surface area contributed by atoms with E-state index in [1.807, 2.05) is 5.32 Å². The summed E-state index contributed by atoms with van der Waals surface area (Å²) in [7, 11) is 0. The fourth-order valence-corrected chi connectivity index (χ4v) is 1.84. The molecule has 1 heterocycles. The number of allylic oxidation sites excluding steroid dienone is 1. The largest absolute Gasteiger partial charge is 0.478 e. The van der Waals surface area contributed by atoms with Gasteiger partial charge in [0.05, 0.1) is 6.08 Å². The van der Waals surface area contributed by atoms with Crippen molar-refractivity contribution in [3.05, 3.63) is 35.2 Å². The van der Waals surface area contributed by atoms with Gasteiger partial charge in [-0.25, -0.2) is 9.59 Å². The molecule has 1 aliphatic rings. The van der Waals surface area contributed by atoms with Crippen LogP contribution >= 0.6 is 0 Å². The molecule has 0 unspecified atom stereocenters. The second kappa shape index (κ2) is 8.63. The molecule has 2 amide bonds. The average molecular weight is 337 g/mol. The third-order valence-electron chi connectivity index (χ3n) is 3.25. The molecule has 9 nitrogen and oxygen atoms in total. The first-order valence-electron chi connectivity index (χ1n) is 7.16. The van der Waals surface area contributed by atoms with Crippen LogP contribution in [0, 0.1) is 0 Å². The Labute approximate surface area is 138 Å². The zero-order valence-electron chi connectivity index (χ0n) is 13.3. The van der Waals surface area contributed by atoms with Crippen molar-refractivity contribution in [3.8, 4) is 0 Å². The van der Waals surface area contributed by atoms with Crippen LogP contribution in [-0.2, 0) is 19.2 Å². The number of hydrogen-bond donors (Lipinski definition) is 5. The normalized spacial score (nSPS) is 17.9. The van der Waals surface area contributed by atoms with Crippen LogP contribution in [0.3, 0.4) is 0 Å².